The number of benzene rings is 1. The number of nitrogens with one attached hydrogen (secondary N) is 1. The minimum absolute atomic E-state index is 0.688. The van der Waals surface area contributed by atoms with Crippen molar-refractivity contribution in [3.63, 3.8) is 0 Å². The van der Waals surface area contributed by atoms with Gasteiger partial charge in [-0.2, -0.15) is 0 Å². The number of hydrogen-bond donors (Lipinski definition) is 1. The highest BCUT2D eigenvalue weighted by atomic mass is 16.5. The summed E-state index contributed by atoms with van der Waals surface area (Å²) < 4.78 is 5.62. The van der Waals surface area contributed by atoms with Crippen LogP contribution < -0.4 is 10.1 Å². The molecule has 1 aromatic rings. The average Bonchev–Trinajstić information content (AvgIpc) is 3.08. The van der Waals surface area contributed by atoms with E-state index >= 15 is 0 Å². The van der Waals surface area contributed by atoms with Crippen LogP contribution in [-0.4, -0.2) is 36.7 Å². The molecule has 2 fully saturated rings. The van der Waals surface area contributed by atoms with Crippen molar-refractivity contribution in [1.29, 1.82) is 0 Å². The Labute approximate surface area is 122 Å². The maximum Gasteiger partial charge on any atom is 0.119 e. The first-order valence-corrected chi connectivity index (χ1v) is 8.06. The Morgan fingerprint density at radius 2 is 2.05 bits per heavy atom. The van der Waals surface area contributed by atoms with Gasteiger partial charge >= 0.3 is 0 Å². The predicted octanol–water partition coefficient (Wildman–Crippen LogP) is 2.80. The summed E-state index contributed by atoms with van der Waals surface area (Å²) in [5, 5.41) is 3.75. The van der Waals surface area contributed by atoms with Crippen LogP contribution in [0.25, 0.3) is 0 Å². The van der Waals surface area contributed by atoms with Gasteiger partial charge in [-0.15, -0.1) is 0 Å². The topological polar surface area (TPSA) is 24.5 Å². The zero-order chi connectivity index (χ0) is 13.8. The minimum Gasteiger partial charge on any atom is -0.494 e. The molecule has 2 unspecified atom stereocenters. The number of nitrogens with zero attached hydrogens (tertiary/aromatic N) is 1. The quantitative estimate of drug-likeness (QED) is 0.863. The van der Waals surface area contributed by atoms with Crippen molar-refractivity contribution >= 4 is 0 Å². The molecule has 0 bridgehead atoms. The van der Waals surface area contributed by atoms with E-state index < -0.39 is 0 Å². The Morgan fingerprint density at radius 3 is 2.85 bits per heavy atom. The molecule has 3 heteroatoms. The van der Waals surface area contributed by atoms with Crippen molar-refractivity contribution in [3.8, 4) is 5.75 Å². The van der Waals surface area contributed by atoms with Gasteiger partial charge in [0.15, 0.2) is 0 Å². The van der Waals surface area contributed by atoms with Crippen LogP contribution in [0.5, 0.6) is 5.75 Å². The third kappa shape index (κ3) is 3.15. The molecule has 3 rings (SSSR count). The fraction of sp³-hybridized carbons (Fsp3) is 0.647. The van der Waals surface area contributed by atoms with Crippen LogP contribution in [0.15, 0.2) is 24.3 Å². The first-order valence-electron chi connectivity index (χ1n) is 8.06. The predicted molar refractivity (Wildman–Crippen MR) is 82.1 cm³/mol. The Hall–Kier alpha value is -1.06. The number of fused-ring (bicyclic) bond motifs is 1. The third-order valence-electron chi connectivity index (χ3n) is 4.57. The van der Waals surface area contributed by atoms with Gasteiger partial charge in [0.2, 0.25) is 0 Å². The van der Waals surface area contributed by atoms with E-state index in [1.807, 2.05) is 0 Å². The maximum atomic E-state index is 5.62. The van der Waals surface area contributed by atoms with Gasteiger partial charge in [-0.05, 0) is 49.9 Å². The van der Waals surface area contributed by atoms with E-state index in [9.17, 15) is 0 Å². The highest BCUT2D eigenvalue weighted by Gasteiger charge is 2.36. The highest BCUT2D eigenvalue weighted by molar-refractivity contribution is 5.27. The van der Waals surface area contributed by atoms with E-state index in [1.54, 1.807) is 0 Å². The largest absolute Gasteiger partial charge is 0.494 e. The SMILES string of the molecule is CCCOc1ccc(CNC2CCN3CCCC23)cc1. The normalized spacial score (nSPS) is 25.9. The van der Waals surface area contributed by atoms with Crippen molar-refractivity contribution in [2.75, 3.05) is 19.7 Å². The molecule has 1 aromatic carbocycles. The number of hydrogen-bond acceptors (Lipinski definition) is 3. The van der Waals surface area contributed by atoms with Crippen LogP contribution >= 0.6 is 0 Å². The average molecular weight is 274 g/mol. The molecule has 3 nitrogen and oxygen atoms in total. The fourth-order valence-corrected chi connectivity index (χ4v) is 3.49. The van der Waals surface area contributed by atoms with Gasteiger partial charge in [0.25, 0.3) is 0 Å². The molecule has 0 aromatic heterocycles. The summed E-state index contributed by atoms with van der Waals surface area (Å²) in [6.07, 6.45) is 5.12. The molecule has 0 radical (unpaired) electrons. The zero-order valence-electron chi connectivity index (χ0n) is 12.5. The summed E-state index contributed by atoms with van der Waals surface area (Å²) in [5.74, 6) is 0.985. The first kappa shape index (κ1) is 13.9. The Bertz CT molecular complexity index is 418. The van der Waals surface area contributed by atoms with E-state index in [-0.39, 0.29) is 0 Å². The molecule has 2 atom stereocenters. The van der Waals surface area contributed by atoms with Crippen LogP contribution in [0.4, 0.5) is 0 Å². The molecule has 2 saturated heterocycles. The lowest BCUT2D eigenvalue weighted by Crippen LogP contribution is -2.38. The third-order valence-corrected chi connectivity index (χ3v) is 4.57. The van der Waals surface area contributed by atoms with Crippen molar-refractivity contribution in [1.82, 2.24) is 10.2 Å². The van der Waals surface area contributed by atoms with Crippen molar-refractivity contribution in [2.24, 2.45) is 0 Å². The van der Waals surface area contributed by atoms with Gasteiger partial charge in [-0.3, -0.25) is 4.90 Å². The van der Waals surface area contributed by atoms with E-state index in [1.165, 1.54) is 37.9 Å². The summed E-state index contributed by atoms with van der Waals surface area (Å²) in [4.78, 5) is 2.65. The molecular formula is C17H26N2O. The monoisotopic (exact) mass is 274 g/mol. The lowest BCUT2D eigenvalue weighted by molar-refractivity contribution is 0.298. The Kier molecular flexibility index (Phi) is 4.58. The van der Waals surface area contributed by atoms with Crippen molar-refractivity contribution < 1.29 is 4.74 Å². The molecule has 0 amide bonds. The molecule has 1 N–H and O–H groups in total. The zero-order valence-corrected chi connectivity index (χ0v) is 12.5. The summed E-state index contributed by atoms with van der Waals surface area (Å²) in [7, 11) is 0. The first-order chi connectivity index (χ1) is 9.86. The van der Waals surface area contributed by atoms with Gasteiger partial charge in [0, 0.05) is 25.2 Å². The van der Waals surface area contributed by atoms with Gasteiger partial charge in [-0.1, -0.05) is 19.1 Å². The van der Waals surface area contributed by atoms with Crippen LogP contribution in [0, 0.1) is 0 Å². The fourth-order valence-electron chi connectivity index (χ4n) is 3.49. The lowest BCUT2D eigenvalue weighted by Gasteiger charge is -2.21. The van der Waals surface area contributed by atoms with Gasteiger partial charge in [0.1, 0.15) is 5.75 Å². The van der Waals surface area contributed by atoms with Crippen LogP contribution in [0.1, 0.15) is 38.2 Å². The summed E-state index contributed by atoms with van der Waals surface area (Å²) >= 11 is 0. The van der Waals surface area contributed by atoms with Crippen LogP contribution in [0.2, 0.25) is 0 Å². The standard InChI is InChI=1S/C17H26N2O/c1-2-12-20-15-7-5-14(6-8-15)13-18-16-9-11-19-10-3-4-17(16)19/h5-8,16-18H,2-4,9-13H2,1H3. The minimum atomic E-state index is 0.688. The van der Waals surface area contributed by atoms with Crippen LogP contribution in [-0.2, 0) is 6.54 Å². The second kappa shape index (κ2) is 6.59. The molecule has 2 heterocycles. The molecule has 0 aliphatic carbocycles. The second-order valence-electron chi connectivity index (χ2n) is 6.01. The molecular weight excluding hydrogens is 248 g/mol. The molecule has 0 spiro atoms. The summed E-state index contributed by atoms with van der Waals surface area (Å²) in [6.45, 7) is 6.50. The number of rotatable bonds is 6. The smallest absolute Gasteiger partial charge is 0.119 e. The lowest BCUT2D eigenvalue weighted by atomic mass is 10.1. The van der Waals surface area contributed by atoms with Crippen molar-refractivity contribution in [2.45, 2.75) is 51.2 Å². The Morgan fingerprint density at radius 1 is 1.20 bits per heavy atom. The number of ether oxygens (including phenoxy) is 1. The molecule has 2 aliphatic rings. The van der Waals surface area contributed by atoms with Gasteiger partial charge < -0.3 is 10.1 Å². The molecule has 0 saturated carbocycles. The Balaban J connectivity index is 1.48. The van der Waals surface area contributed by atoms with Crippen LogP contribution in [0.3, 0.4) is 0 Å². The van der Waals surface area contributed by atoms with Gasteiger partial charge in [0.05, 0.1) is 6.61 Å². The van der Waals surface area contributed by atoms with E-state index in [0.29, 0.717) is 6.04 Å². The summed E-state index contributed by atoms with van der Waals surface area (Å²) in [5.41, 5.74) is 1.35. The van der Waals surface area contributed by atoms with E-state index in [2.05, 4.69) is 41.4 Å². The van der Waals surface area contributed by atoms with E-state index in [0.717, 1.165) is 31.4 Å². The molecule has 2 aliphatic heterocycles. The second-order valence-corrected chi connectivity index (χ2v) is 6.01. The van der Waals surface area contributed by atoms with Crippen molar-refractivity contribution in [3.05, 3.63) is 29.8 Å². The maximum absolute atomic E-state index is 5.62. The van der Waals surface area contributed by atoms with Gasteiger partial charge in [-0.25, -0.2) is 0 Å². The van der Waals surface area contributed by atoms with E-state index in [4.69, 9.17) is 4.74 Å². The summed E-state index contributed by atoms with van der Waals surface area (Å²) in [6, 6.07) is 10.0. The molecule has 110 valence electrons. The highest BCUT2D eigenvalue weighted by Crippen LogP contribution is 2.28. The molecule has 20 heavy (non-hydrogen) atoms.